The molecule has 1 atom stereocenters. The second-order valence-corrected chi connectivity index (χ2v) is 6.42. The lowest BCUT2D eigenvalue weighted by molar-refractivity contribution is -0.122. The molecule has 2 N–H and O–H groups in total. The van der Waals surface area contributed by atoms with E-state index in [4.69, 9.17) is 0 Å². The molecule has 1 unspecified atom stereocenters. The van der Waals surface area contributed by atoms with Gasteiger partial charge in [0, 0.05) is 36.1 Å². The van der Waals surface area contributed by atoms with Gasteiger partial charge in [-0.15, -0.1) is 0 Å². The topological polar surface area (TPSA) is 78.1 Å². The zero-order chi connectivity index (χ0) is 18.8. The summed E-state index contributed by atoms with van der Waals surface area (Å²) in [6.07, 6.45) is 1.79. The van der Waals surface area contributed by atoms with Gasteiger partial charge in [-0.2, -0.15) is 5.10 Å². The average molecular weight is 364 g/mol. The van der Waals surface area contributed by atoms with Crippen LogP contribution in [0.15, 0.2) is 60.8 Å². The van der Waals surface area contributed by atoms with E-state index < -0.39 is 5.92 Å². The third-order valence-corrected chi connectivity index (χ3v) is 4.58. The smallest absolute Gasteiger partial charge is 0.229 e. The van der Waals surface area contributed by atoms with Crippen molar-refractivity contribution in [3.8, 4) is 11.3 Å². The number of aromatic nitrogens is 2. The summed E-state index contributed by atoms with van der Waals surface area (Å²) >= 11 is 0. The van der Waals surface area contributed by atoms with Crippen molar-refractivity contribution in [1.82, 2.24) is 10.2 Å². The van der Waals surface area contributed by atoms with Crippen molar-refractivity contribution in [1.29, 1.82) is 0 Å². The van der Waals surface area contributed by atoms with Crippen molar-refractivity contribution < 1.29 is 14.0 Å². The van der Waals surface area contributed by atoms with E-state index in [1.807, 2.05) is 24.3 Å². The van der Waals surface area contributed by atoms with Crippen LogP contribution in [0.3, 0.4) is 0 Å². The Morgan fingerprint density at radius 3 is 2.74 bits per heavy atom. The van der Waals surface area contributed by atoms with Gasteiger partial charge in [0.25, 0.3) is 0 Å². The molecule has 2 heterocycles. The molecule has 3 aromatic rings. The van der Waals surface area contributed by atoms with Gasteiger partial charge in [0.05, 0.1) is 11.6 Å². The number of amides is 2. The van der Waals surface area contributed by atoms with E-state index in [1.165, 1.54) is 17.0 Å². The fourth-order valence-electron chi connectivity index (χ4n) is 3.18. The molecule has 1 fully saturated rings. The predicted octanol–water partition coefficient (Wildman–Crippen LogP) is 3.21. The SMILES string of the molecule is O=C(Nc1cccc(-c2ccn[nH]2)c1)C1CC(=O)N(c2ccc(F)cc2)C1. The number of rotatable bonds is 4. The third kappa shape index (κ3) is 3.57. The molecule has 0 aliphatic carbocycles. The second kappa shape index (κ2) is 7.03. The predicted molar refractivity (Wildman–Crippen MR) is 99.5 cm³/mol. The summed E-state index contributed by atoms with van der Waals surface area (Å²) in [5, 5.41) is 9.68. The Bertz CT molecular complexity index is 970. The van der Waals surface area contributed by atoms with E-state index >= 15 is 0 Å². The Morgan fingerprint density at radius 2 is 2.00 bits per heavy atom. The molecule has 0 saturated carbocycles. The summed E-state index contributed by atoms with van der Waals surface area (Å²) in [4.78, 5) is 26.4. The zero-order valence-corrected chi connectivity index (χ0v) is 14.4. The standard InChI is InChI=1S/C20H17FN4O2/c21-15-4-6-17(7-5-15)25-12-14(11-19(25)26)20(27)23-16-3-1-2-13(10-16)18-8-9-22-24-18/h1-10,14H,11-12H2,(H,22,24)(H,23,27). The fourth-order valence-corrected chi connectivity index (χ4v) is 3.18. The largest absolute Gasteiger partial charge is 0.326 e. The van der Waals surface area contributed by atoms with Crippen LogP contribution >= 0.6 is 0 Å². The lowest BCUT2D eigenvalue weighted by atomic mass is 10.1. The molecule has 2 amide bonds. The van der Waals surface area contributed by atoms with Crippen molar-refractivity contribution in [2.45, 2.75) is 6.42 Å². The molecule has 0 spiro atoms. The zero-order valence-electron chi connectivity index (χ0n) is 14.4. The van der Waals surface area contributed by atoms with Crippen molar-refractivity contribution >= 4 is 23.2 Å². The summed E-state index contributed by atoms with van der Waals surface area (Å²) < 4.78 is 13.1. The van der Waals surface area contributed by atoms with E-state index in [0.29, 0.717) is 11.4 Å². The van der Waals surface area contributed by atoms with Gasteiger partial charge in [-0.3, -0.25) is 14.7 Å². The summed E-state index contributed by atoms with van der Waals surface area (Å²) in [7, 11) is 0. The molecule has 136 valence electrons. The maximum atomic E-state index is 13.1. The monoisotopic (exact) mass is 364 g/mol. The van der Waals surface area contributed by atoms with E-state index in [1.54, 1.807) is 24.4 Å². The number of carbonyl (C=O) groups excluding carboxylic acids is 2. The van der Waals surface area contributed by atoms with Gasteiger partial charge in [0.1, 0.15) is 5.82 Å². The number of carbonyl (C=O) groups is 2. The highest BCUT2D eigenvalue weighted by Crippen LogP contribution is 2.27. The lowest BCUT2D eigenvalue weighted by Gasteiger charge is -2.16. The Balaban J connectivity index is 1.45. The van der Waals surface area contributed by atoms with E-state index in [0.717, 1.165) is 11.3 Å². The molecule has 1 aromatic heterocycles. The summed E-state index contributed by atoms with van der Waals surface area (Å²) in [6.45, 7) is 0.274. The highest BCUT2D eigenvalue weighted by molar-refractivity contribution is 6.03. The number of hydrogen-bond donors (Lipinski definition) is 2. The minimum absolute atomic E-state index is 0.128. The fraction of sp³-hybridized carbons (Fsp3) is 0.150. The summed E-state index contributed by atoms with van der Waals surface area (Å²) in [5.41, 5.74) is 3.00. The molecule has 27 heavy (non-hydrogen) atoms. The van der Waals surface area contributed by atoms with Crippen molar-refractivity contribution in [3.05, 3.63) is 66.6 Å². The molecular weight excluding hydrogens is 347 g/mol. The van der Waals surface area contributed by atoms with E-state index in [9.17, 15) is 14.0 Å². The first-order valence-corrected chi connectivity index (χ1v) is 8.57. The van der Waals surface area contributed by atoms with Gasteiger partial charge in [0.15, 0.2) is 0 Å². The van der Waals surface area contributed by atoms with Crippen molar-refractivity contribution in [3.63, 3.8) is 0 Å². The maximum Gasteiger partial charge on any atom is 0.229 e. The normalized spacial score (nSPS) is 16.6. The van der Waals surface area contributed by atoms with Crippen LogP contribution in [0.5, 0.6) is 0 Å². The number of halogens is 1. The Morgan fingerprint density at radius 1 is 1.19 bits per heavy atom. The summed E-state index contributed by atoms with van der Waals surface area (Å²) in [5.74, 6) is -1.18. The molecule has 6 nitrogen and oxygen atoms in total. The summed E-state index contributed by atoms with van der Waals surface area (Å²) in [6, 6.07) is 14.9. The van der Waals surface area contributed by atoms with Crippen LogP contribution in [0.4, 0.5) is 15.8 Å². The van der Waals surface area contributed by atoms with Gasteiger partial charge in [0.2, 0.25) is 11.8 Å². The van der Waals surface area contributed by atoms with E-state index in [2.05, 4.69) is 15.5 Å². The van der Waals surface area contributed by atoms with Crippen LogP contribution < -0.4 is 10.2 Å². The lowest BCUT2D eigenvalue weighted by Crippen LogP contribution is -2.28. The minimum Gasteiger partial charge on any atom is -0.326 e. The number of benzene rings is 2. The minimum atomic E-state index is -0.460. The highest BCUT2D eigenvalue weighted by atomic mass is 19.1. The Kier molecular flexibility index (Phi) is 4.42. The van der Waals surface area contributed by atoms with Crippen LogP contribution in [0.2, 0.25) is 0 Å². The quantitative estimate of drug-likeness (QED) is 0.746. The van der Waals surface area contributed by atoms with Crippen LogP contribution in [-0.4, -0.2) is 28.6 Å². The number of H-pyrrole nitrogens is 1. The molecule has 4 rings (SSSR count). The first-order valence-electron chi connectivity index (χ1n) is 8.57. The second-order valence-electron chi connectivity index (χ2n) is 6.42. The molecule has 7 heteroatoms. The average Bonchev–Trinajstić information content (AvgIpc) is 3.33. The van der Waals surface area contributed by atoms with Crippen molar-refractivity contribution in [2.75, 3.05) is 16.8 Å². The molecule has 2 aromatic carbocycles. The van der Waals surface area contributed by atoms with Gasteiger partial charge < -0.3 is 10.2 Å². The number of aromatic amines is 1. The third-order valence-electron chi connectivity index (χ3n) is 4.58. The van der Waals surface area contributed by atoms with Gasteiger partial charge in [-0.25, -0.2) is 4.39 Å². The van der Waals surface area contributed by atoms with Crippen LogP contribution in [0, 0.1) is 11.7 Å². The van der Waals surface area contributed by atoms with Gasteiger partial charge in [-0.05, 0) is 42.5 Å². The van der Waals surface area contributed by atoms with Gasteiger partial charge in [-0.1, -0.05) is 12.1 Å². The number of anilines is 2. The van der Waals surface area contributed by atoms with Crippen molar-refractivity contribution in [2.24, 2.45) is 5.92 Å². The molecule has 1 aliphatic heterocycles. The molecule has 0 bridgehead atoms. The molecular formula is C20H17FN4O2. The Labute approximate surface area is 155 Å². The van der Waals surface area contributed by atoms with Crippen LogP contribution in [0.1, 0.15) is 6.42 Å². The Hall–Kier alpha value is -3.48. The maximum absolute atomic E-state index is 13.1. The first-order chi connectivity index (χ1) is 13.1. The first kappa shape index (κ1) is 17.0. The van der Waals surface area contributed by atoms with Crippen LogP contribution in [0.25, 0.3) is 11.3 Å². The molecule has 1 saturated heterocycles. The van der Waals surface area contributed by atoms with Gasteiger partial charge >= 0.3 is 0 Å². The highest BCUT2D eigenvalue weighted by Gasteiger charge is 2.35. The van der Waals surface area contributed by atoms with E-state index in [-0.39, 0.29) is 30.6 Å². The number of nitrogens with zero attached hydrogens (tertiary/aromatic N) is 2. The molecule has 1 aliphatic rings. The number of hydrogen-bond acceptors (Lipinski definition) is 3. The van der Waals surface area contributed by atoms with Crippen LogP contribution in [-0.2, 0) is 9.59 Å². The molecule has 0 radical (unpaired) electrons. The number of nitrogens with one attached hydrogen (secondary N) is 2.